The van der Waals surface area contributed by atoms with Crippen molar-refractivity contribution in [3.05, 3.63) is 29.8 Å². The van der Waals surface area contributed by atoms with Gasteiger partial charge in [-0.25, -0.2) is 0 Å². The second kappa shape index (κ2) is 4.45. The maximum Gasteiger partial charge on any atom is 0.119 e. The van der Waals surface area contributed by atoms with Gasteiger partial charge in [0.15, 0.2) is 0 Å². The Bertz CT molecular complexity index is 276. The smallest absolute Gasteiger partial charge is 0.119 e. The largest absolute Gasteiger partial charge is 0.494 e. The highest BCUT2D eigenvalue weighted by Crippen LogP contribution is 2.11. The van der Waals surface area contributed by atoms with E-state index in [0.717, 1.165) is 5.75 Å². The molecule has 0 aliphatic heterocycles. The predicted octanol–water partition coefficient (Wildman–Crippen LogP) is 1.52. The molecule has 1 rings (SSSR count). The van der Waals surface area contributed by atoms with E-state index in [9.17, 15) is 0 Å². The Morgan fingerprint density at radius 2 is 2.00 bits per heavy atom. The van der Waals surface area contributed by atoms with Crippen molar-refractivity contribution in [3.63, 3.8) is 0 Å². The molecule has 3 heteroatoms. The van der Waals surface area contributed by atoms with Gasteiger partial charge in [-0.15, -0.1) is 0 Å². The van der Waals surface area contributed by atoms with Crippen molar-refractivity contribution in [1.82, 2.24) is 0 Å². The van der Waals surface area contributed by atoms with Gasteiger partial charge in [-0.1, -0.05) is 6.32 Å². The van der Waals surface area contributed by atoms with E-state index in [1.807, 2.05) is 6.07 Å². The summed E-state index contributed by atoms with van der Waals surface area (Å²) in [5, 5.41) is 8.49. The van der Waals surface area contributed by atoms with Gasteiger partial charge in [-0.05, 0) is 24.3 Å². The van der Waals surface area contributed by atoms with E-state index in [2.05, 4.69) is 0 Å². The Morgan fingerprint density at radius 1 is 1.33 bits per heavy atom. The highest BCUT2D eigenvalue weighted by Gasteiger charge is 1.92. The predicted molar refractivity (Wildman–Crippen MR) is 47.2 cm³/mol. The lowest BCUT2D eigenvalue weighted by Gasteiger charge is -2.02. The zero-order valence-electron chi connectivity index (χ0n) is 6.66. The van der Waals surface area contributed by atoms with Gasteiger partial charge in [0.25, 0.3) is 0 Å². The van der Waals surface area contributed by atoms with Crippen LogP contribution in [0.5, 0.6) is 5.75 Å². The van der Waals surface area contributed by atoms with E-state index >= 15 is 0 Å². The molecule has 58 valence electrons. The lowest BCUT2D eigenvalue weighted by atomic mass is 10.1. The monoisotopic (exact) mass is 157 g/mol. The van der Waals surface area contributed by atoms with Crippen molar-refractivity contribution >= 4 is 7.85 Å². The van der Waals surface area contributed by atoms with E-state index in [1.165, 1.54) is 0 Å². The maximum absolute atomic E-state index is 8.49. The van der Waals surface area contributed by atoms with Crippen LogP contribution in [-0.2, 0) is 0 Å². The van der Waals surface area contributed by atoms with E-state index in [0.29, 0.717) is 18.5 Å². The van der Waals surface area contributed by atoms with Crippen LogP contribution in [0.3, 0.4) is 0 Å². The molecule has 0 bridgehead atoms. The molecule has 2 radical (unpaired) electrons. The van der Waals surface area contributed by atoms with Gasteiger partial charge >= 0.3 is 0 Å². The van der Waals surface area contributed by atoms with Gasteiger partial charge in [0, 0.05) is 0 Å². The van der Waals surface area contributed by atoms with Crippen LogP contribution in [0.2, 0.25) is 6.32 Å². The van der Waals surface area contributed by atoms with Crippen LogP contribution < -0.4 is 4.74 Å². The van der Waals surface area contributed by atoms with Gasteiger partial charge in [-0.2, -0.15) is 5.26 Å². The molecular formula is C9H8BNO. The molecular weight excluding hydrogens is 149 g/mol. The number of benzene rings is 1. The van der Waals surface area contributed by atoms with Crippen LogP contribution in [0, 0.1) is 11.3 Å². The molecule has 0 N–H and O–H groups in total. The molecule has 1 aromatic carbocycles. The first kappa shape index (κ1) is 8.67. The average molecular weight is 157 g/mol. The minimum atomic E-state index is 0.500. The summed E-state index contributed by atoms with van der Waals surface area (Å²) in [6, 6.07) is 8.97. The Kier molecular flexibility index (Phi) is 3.22. The first-order valence-electron chi connectivity index (χ1n) is 3.70. The van der Waals surface area contributed by atoms with Crippen LogP contribution in [0.4, 0.5) is 0 Å². The molecule has 1 aromatic rings. The third kappa shape index (κ3) is 2.32. The first-order chi connectivity index (χ1) is 5.86. The van der Waals surface area contributed by atoms with Crippen LogP contribution in [0.1, 0.15) is 5.56 Å². The lowest BCUT2D eigenvalue weighted by molar-refractivity contribution is 0.340. The van der Waals surface area contributed by atoms with Crippen molar-refractivity contribution in [2.45, 2.75) is 6.32 Å². The zero-order chi connectivity index (χ0) is 8.81. The average Bonchev–Trinajstić information content (AvgIpc) is 2.15. The number of ether oxygens (including phenoxy) is 1. The molecule has 0 saturated carbocycles. The highest BCUT2D eigenvalue weighted by molar-refractivity contribution is 6.08. The molecule has 0 aliphatic rings. The van der Waals surface area contributed by atoms with Crippen molar-refractivity contribution in [1.29, 1.82) is 5.26 Å². The van der Waals surface area contributed by atoms with Gasteiger partial charge in [-0.3, -0.25) is 0 Å². The third-order valence-corrected chi connectivity index (χ3v) is 1.37. The van der Waals surface area contributed by atoms with Crippen LogP contribution in [-0.4, -0.2) is 14.5 Å². The molecule has 12 heavy (non-hydrogen) atoms. The summed E-state index contributed by atoms with van der Waals surface area (Å²) in [6.45, 7) is 0.506. The maximum atomic E-state index is 8.49. The fourth-order valence-electron chi connectivity index (χ4n) is 0.802. The van der Waals surface area contributed by atoms with Gasteiger partial charge in [0.2, 0.25) is 0 Å². The minimum absolute atomic E-state index is 0.500. The summed E-state index contributed by atoms with van der Waals surface area (Å²) >= 11 is 0. The number of hydrogen-bond acceptors (Lipinski definition) is 2. The molecule has 0 saturated heterocycles. The molecule has 0 aliphatic carbocycles. The molecule has 0 spiro atoms. The molecule has 0 atom stereocenters. The van der Waals surface area contributed by atoms with Crippen molar-refractivity contribution in [2.75, 3.05) is 6.61 Å². The summed E-state index contributed by atoms with van der Waals surface area (Å²) in [5.41, 5.74) is 0.634. The first-order valence-corrected chi connectivity index (χ1v) is 3.70. The summed E-state index contributed by atoms with van der Waals surface area (Å²) in [4.78, 5) is 0. The summed E-state index contributed by atoms with van der Waals surface area (Å²) in [7, 11) is 5.26. The summed E-state index contributed by atoms with van der Waals surface area (Å²) < 4.78 is 5.22. The van der Waals surface area contributed by atoms with E-state index in [4.69, 9.17) is 17.8 Å². The van der Waals surface area contributed by atoms with Crippen molar-refractivity contribution in [3.8, 4) is 11.8 Å². The number of nitrogens with zero attached hydrogens (tertiary/aromatic N) is 1. The van der Waals surface area contributed by atoms with Gasteiger partial charge in [0.05, 0.1) is 26.1 Å². The number of hydrogen-bond donors (Lipinski definition) is 0. The lowest BCUT2D eigenvalue weighted by Crippen LogP contribution is -1.95. The molecule has 0 fully saturated rings. The quantitative estimate of drug-likeness (QED) is 0.623. The van der Waals surface area contributed by atoms with Crippen LogP contribution in [0.15, 0.2) is 24.3 Å². The van der Waals surface area contributed by atoms with Crippen molar-refractivity contribution < 1.29 is 4.74 Å². The van der Waals surface area contributed by atoms with E-state index in [1.54, 1.807) is 24.3 Å². The SMILES string of the molecule is [B]CCOc1ccc(C#N)cc1. The minimum Gasteiger partial charge on any atom is -0.494 e. The molecule has 2 nitrogen and oxygen atoms in total. The van der Waals surface area contributed by atoms with E-state index in [-0.39, 0.29) is 0 Å². The standard InChI is InChI=1S/C9H8BNO/c10-5-6-12-9-3-1-8(7-11)2-4-9/h1-4H,5-6H2. The van der Waals surface area contributed by atoms with Gasteiger partial charge in [0.1, 0.15) is 5.75 Å². The number of rotatable bonds is 3. The van der Waals surface area contributed by atoms with Gasteiger partial charge < -0.3 is 4.74 Å². The highest BCUT2D eigenvalue weighted by atomic mass is 16.5. The van der Waals surface area contributed by atoms with Crippen LogP contribution in [0.25, 0.3) is 0 Å². The molecule has 0 aromatic heterocycles. The fourth-order valence-corrected chi connectivity index (χ4v) is 0.802. The summed E-state index contributed by atoms with van der Waals surface area (Å²) in [6.07, 6.45) is 0.500. The molecule has 0 unspecified atom stereocenters. The normalized spacial score (nSPS) is 8.92. The second-order valence-corrected chi connectivity index (χ2v) is 2.27. The Balaban J connectivity index is 2.60. The van der Waals surface area contributed by atoms with E-state index < -0.39 is 0 Å². The van der Waals surface area contributed by atoms with Crippen LogP contribution >= 0.6 is 0 Å². The molecule has 0 heterocycles. The topological polar surface area (TPSA) is 33.0 Å². The number of nitriles is 1. The Morgan fingerprint density at radius 3 is 2.50 bits per heavy atom. The Labute approximate surface area is 73.2 Å². The third-order valence-electron chi connectivity index (χ3n) is 1.37. The molecule has 0 amide bonds. The Hall–Kier alpha value is -1.43. The summed E-state index contributed by atoms with van der Waals surface area (Å²) in [5.74, 6) is 0.749. The second-order valence-electron chi connectivity index (χ2n) is 2.27. The van der Waals surface area contributed by atoms with Crippen molar-refractivity contribution in [2.24, 2.45) is 0 Å². The fraction of sp³-hybridized carbons (Fsp3) is 0.222. The zero-order valence-corrected chi connectivity index (χ0v) is 6.66.